The van der Waals surface area contributed by atoms with Gasteiger partial charge in [0.05, 0.1) is 4.92 Å². The van der Waals surface area contributed by atoms with Crippen LogP contribution in [0.5, 0.6) is 0 Å². The van der Waals surface area contributed by atoms with Gasteiger partial charge >= 0.3 is 0 Å². The molecule has 6 heteroatoms. The van der Waals surface area contributed by atoms with Gasteiger partial charge < -0.3 is 10.2 Å². The van der Waals surface area contributed by atoms with Gasteiger partial charge in [-0.05, 0) is 25.5 Å². The molecule has 0 aliphatic carbocycles. The van der Waals surface area contributed by atoms with Crippen molar-refractivity contribution in [3.63, 3.8) is 0 Å². The molecular formula is C13H17N3O3. The van der Waals surface area contributed by atoms with Gasteiger partial charge in [0.2, 0.25) is 5.91 Å². The number of benzene rings is 1. The molecule has 1 N–H and O–H groups in total. The zero-order valence-corrected chi connectivity index (χ0v) is 11.0. The Labute approximate surface area is 111 Å². The number of aryl methyl sites for hydroxylation is 1. The maximum absolute atomic E-state index is 11.8. The predicted molar refractivity (Wildman–Crippen MR) is 72.3 cm³/mol. The van der Waals surface area contributed by atoms with E-state index in [1.807, 2.05) is 11.8 Å². The average molecular weight is 263 g/mol. The number of nitro benzene ring substituents is 1. The molecule has 0 spiro atoms. The van der Waals surface area contributed by atoms with Crippen LogP contribution in [0.1, 0.15) is 18.9 Å². The summed E-state index contributed by atoms with van der Waals surface area (Å²) in [6, 6.07) is 4.80. The smallest absolute Gasteiger partial charge is 0.272 e. The first-order valence-electron chi connectivity index (χ1n) is 6.34. The molecule has 1 amide bonds. The summed E-state index contributed by atoms with van der Waals surface area (Å²) < 4.78 is 0. The number of nitro groups is 1. The molecule has 1 aromatic carbocycles. The largest absolute Gasteiger partial charge is 0.358 e. The number of hydrogen-bond donors (Lipinski definition) is 1. The van der Waals surface area contributed by atoms with E-state index in [1.54, 1.807) is 19.1 Å². The summed E-state index contributed by atoms with van der Waals surface area (Å²) >= 11 is 0. The van der Waals surface area contributed by atoms with E-state index in [-0.39, 0.29) is 22.6 Å². The third kappa shape index (κ3) is 2.52. The minimum atomic E-state index is -0.390. The van der Waals surface area contributed by atoms with Gasteiger partial charge in [0.15, 0.2) is 0 Å². The molecular weight excluding hydrogens is 246 g/mol. The van der Waals surface area contributed by atoms with E-state index < -0.39 is 0 Å². The molecule has 2 rings (SSSR count). The van der Waals surface area contributed by atoms with Crippen molar-refractivity contribution < 1.29 is 9.72 Å². The number of hydrogen-bond acceptors (Lipinski definition) is 4. The Bertz CT molecular complexity index is 516. The fourth-order valence-electron chi connectivity index (χ4n) is 2.45. The van der Waals surface area contributed by atoms with E-state index in [0.29, 0.717) is 18.5 Å². The average Bonchev–Trinajstić information content (AvgIpc) is 2.37. The van der Waals surface area contributed by atoms with Crippen LogP contribution in [0.4, 0.5) is 11.4 Å². The van der Waals surface area contributed by atoms with Gasteiger partial charge in [0.1, 0.15) is 6.04 Å². The fourth-order valence-corrected chi connectivity index (χ4v) is 2.45. The zero-order chi connectivity index (χ0) is 14.0. The fraction of sp³-hybridized carbons (Fsp3) is 0.462. The Morgan fingerprint density at radius 2 is 2.26 bits per heavy atom. The summed E-state index contributed by atoms with van der Waals surface area (Å²) in [5.41, 5.74) is 1.59. The highest BCUT2D eigenvalue weighted by atomic mass is 16.6. The maximum Gasteiger partial charge on any atom is 0.272 e. The number of nitrogens with zero attached hydrogens (tertiary/aromatic N) is 2. The monoisotopic (exact) mass is 263 g/mol. The van der Waals surface area contributed by atoms with E-state index in [1.165, 1.54) is 6.07 Å². The minimum absolute atomic E-state index is 0.0183. The number of nitrogens with one attached hydrogen (secondary N) is 1. The Morgan fingerprint density at radius 3 is 2.84 bits per heavy atom. The molecule has 0 bridgehead atoms. The summed E-state index contributed by atoms with van der Waals surface area (Å²) in [6.07, 6.45) is 0.710. The molecule has 1 atom stereocenters. The molecule has 19 heavy (non-hydrogen) atoms. The molecule has 0 aromatic heterocycles. The molecule has 0 radical (unpaired) electrons. The molecule has 0 saturated carbocycles. The highest BCUT2D eigenvalue weighted by molar-refractivity contribution is 5.86. The van der Waals surface area contributed by atoms with Crippen molar-refractivity contribution in [3.8, 4) is 0 Å². The molecule has 1 saturated heterocycles. The van der Waals surface area contributed by atoms with Gasteiger partial charge in [-0.25, -0.2) is 0 Å². The lowest BCUT2D eigenvalue weighted by molar-refractivity contribution is -0.385. The van der Waals surface area contributed by atoms with E-state index in [9.17, 15) is 14.9 Å². The van der Waals surface area contributed by atoms with Gasteiger partial charge in [0, 0.05) is 30.4 Å². The maximum atomic E-state index is 11.8. The molecule has 1 heterocycles. The first kappa shape index (κ1) is 13.3. The zero-order valence-electron chi connectivity index (χ0n) is 11.0. The second-order valence-electron chi connectivity index (χ2n) is 4.64. The van der Waals surface area contributed by atoms with Gasteiger partial charge in [0.25, 0.3) is 5.69 Å². The lowest BCUT2D eigenvalue weighted by atomic mass is 10.1. The van der Waals surface area contributed by atoms with Crippen LogP contribution >= 0.6 is 0 Å². The number of amides is 1. The van der Waals surface area contributed by atoms with Crippen LogP contribution in [0.2, 0.25) is 0 Å². The Kier molecular flexibility index (Phi) is 3.69. The second kappa shape index (κ2) is 5.26. The van der Waals surface area contributed by atoms with Crippen LogP contribution in [0.15, 0.2) is 18.2 Å². The number of anilines is 1. The summed E-state index contributed by atoms with van der Waals surface area (Å²) in [4.78, 5) is 24.2. The van der Waals surface area contributed by atoms with Crippen LogP contribution < -0.4 is 10.2 Å². The van der Waals surface area contributed by atoms with Crippen molar-refractivity contribution in [2.45, 2.75) is 26.3 Å². The van der Waals surface area contributed by atoms with Crippen LogP contribution in [-0.4, -0.2) is 30.0 Å². The van der Waals surface area contributed by atoms with Gasteiger partial charge in [-0.1, -0.05) is 6.92 Å². The predicted octanol–water partition coefficient (Wildman–Crippen LogP) is 1.62. The molecule has 6 nitrogen and oxygen atoms in total. The van der Waals surface area contributed by atoms with Crippen LogP contribution in [0.25, 0.3) is 0 Å². The van der Waals surface area contributed by atoms with Crippen molar-refractivity contribution in [2.75, 3.05) is 18.0 Å². The van der Waals surface area contributed by atoms with Gasteiger partial charge in [-0.15, -0.1) is 0 Å². The van der Waals surface area contributed by atoms with Gasteiger partial charge in [-0.2, -0.15) is 0 Å². The SMILES string of the molecule is CCC1C(=O)NCCN1c1ccc([N+](=O)[O-])c(C)c1. The molecule has 1 aliphatic heterocycles. The van der Waals surface area contributed by atoms with Crippen molar-refractivity contribution in [1.29, 1.82) is 0 Å². The third-order valence-corrected chi connectivity index (χ3v) is 3.43. The van der Waals surface area contributed by atoms with Crippen LogP contribution in [0.3, 0.4) is 0 Å². The molecule has 1 fully saturated rings. The summed E-state index contributed by atoms with van der Waals surface area (Å²) in [5.74, 6) is 0.0183. The van der Waals surface area contributed by atoms with E-state index in [4.69, 9.17) is 0 Å². The first-order valence-corrected chi connectivity index (χ1v) is 6.34. The summed E-state index contributed by atoms with van der Waals surface area (Å²) in [6.45, 7) is 5.00. The Hall–Kier alpha value is -2.11. The Morgan fingerprint density at radius 1 is 1.53 bits per heavy atom. The topological polar surface area (TPSA) is 75.5 Å². The van der Waals surface area contributed by atoms with Crippen molar-refractivity contribution in [2.24, 2.45) is 0 Å². The van der Waals surface area contributed by atoms with Crippen molar-refractivity contribution >= 4 is 17.3 Å². The second-order valence-corrected chi connectivity index (χ2v) is 4.64. The normalized spacial score (nSPS) is 19.2. The lowest BCUT2D eigenvalue weighted by Crippen LogP contribution is -2.55. The minimum Gasteiger partial charge on any atom is -0.358 e. The standard InChI is InChI=1S/C13H17N3O3/c1-3-11-13(17)14-6-7-15(11)10-4-5-12(16(18)19)9(2)8-10/h4-5,8,11H,3,6-7H2,1-2H3,(H,14,17). The molecule has 102 valence electrons. The molecule has 1 unspecified atom stereocenters. The number of rotatable bonds is 3. The summed E-state index contributed by atoms with van der Waals surface area (Å²) in [7, 11) is 0. The van der Waals surface area contributed by atoms with Crippen LogP contribution in [0, 0.1) is 17.0 Å². The van der Waals surface area contributed by atoms with E-state index in [2.05, 4.69) is 5.32 Å². The number of carbonyl (C=O) groups excluding carboxylic acids is 1. The van der Waals surface area contributed by atoms with Crippen molar-refractivity contribution in [1.82, 2.24) is 5.32 Å². The highest BCUT2D eigenvalue weighted by Crippen LogP contribution is 2.26. The van der Waals surface area contributed by atoms with Gasteiger partial charge in [-0.3, -0.25) is 14.9 Å². The first-order chi connectivity index (χ1) is 9.04. The van der Waals surface area contributed by atoms with Crippen LogP contribution in [-0.2, 0) is 4.79 Å². The quantitative estimate of drug-likeness (QED) is 0.664. The third-order valence-electron chi connectivity index (χ3n) is 3.43. The summed E-state index contributed by atoms with van der Waals surface area (Å²) in [5, 5.41) is 13.6. The van der Waals surface area contributed by atoms with E-state index >= 15 is 0 Å². The van der Waals surface area contributed by atoms with E-state index in [0.717, 1.165) is 12.2 Å². The Balaban J connectivity index is 2.33. The number of piperazine rings is 1. The van der Waals surface area contributed by atoms with Crippen molar-refractivity contribution in [3.05, 3.63) is 33.9 Å². The molecule has 1 aromatic rings. The highest BCUT2D eigenvalue weighted by Gasteiger charge is 2.28. The number of carbonyl (C=O) groups is 1. The molecule has 1 aliphatic rings. The lowest BCUT2D eigenvalue weighted by Gasteiger charge is -2.36.